The maximum absolute atomic E-state index is 11.7. The molecule has 0 saturated heterocycles. The van der Waals surface area contributed by atoms with Gasteiger partial charge in [-0.2, -0.15) is 12.6 Å². The Morgan fingerprint density at radius 2 is 1.93 bits per heavy atom. The van der Waals surface area contributed by atoms with Crippen LogP contribution in [0.25, 0.3) is 0 Å². The van der Waals surface area contributed by atoms with Crippen molar-refractivity contribution in [3.8, 4) is 0 Å². The van der Waals surface area contributed by atoms with Crippen LogP contribution in [0, 0.1) is 5.92 Å². The van der Waals surface area contributed by atoms with E-state index in [1.54, 1.807) is 4.90 Å². The van der Waals surface area contributed by atoms with Crippen LogP contribution >= 0.6 is 12.6 Å². The molecule has 0 radical (unpaired) electrons. The highest BCUT2D eigenvalue weighted by Crippen LogP contribution is 2.12. The van der Waals surface area contributed by atoms with Crippen LogP contribution in [0.2, 0.25) is 0 Å². The van der Waals surface area contributed by atoms with Crippen molar-refractivity contribution in [1.29, 1.82) is 0 Å². The van der Waals surface area contributed by atoms with Gasteiger partial charge in [0.25, 0.3) is 0 Å². The summed E-state index contributed by atoms with van der Waals surface area (Å²) < 4.78 is 0. The maximum Gasteiger partial charge on any atom is 0.235 e. The normalized spacial score (nSPS) is 12.9. The molecule has 1 unspecified atom stereocenters. The SMILES string of the molecule is CC(C)C(S)C(=O)N(C)CCCCCO. The second-order valence-electron chi connectivity index (χ2n) is 4.23. The fourth-order valence-corrected chi connectivity index (χ4v) is 1.46. The molecule has 3 nitrogen and oxygen atoms in total. The molecule has 90 valence electrons. The van der Waals surface area contributed by atoms with Crippen molar-refractivity contribution in [2.24, 2.45) is 5.92 Å². The van der Waals surface area contributed by atoms with Crippen LogP contribution in [0.3, 0.4) is 0 Å². The van der Waals surface area contributed by atoms with Crippen LogP contribution in [0.15, 0.2) is 0 Å². The van der Waals surface area contributed by atoms with Crippen LogP contribution in [-0.2, 0) is 4.79 Å². The molecule has 0 rings (SSSR count). The summed E-state index contributed by atoms with van der Waals surface area (Å²) >= 11 is 4.29. The summed E-state index contributed by atoms with van der Waals surface area (Å²) in [4.78, 5) is 13.5. The Morgan fingerprint density at radius 3 is 2.40 bits per heavy atom. The summed E-state index contributed by atoms with van der Waals surface area (Å²) in [6.07, 6.45) is 2.73. The van der Waals surface area contributed by atoms with Gasteiger partial charge in [-0.05, 0) is 25.2 Å². The average Bonchev–Trinajstić information content (AvgIpc) is 2.21. The summed E-state index contributed by atoms with van der Waals surface area (Å²) in [6, 6.07) is 0. The van der Waals surface area contributed by atoms with Gasteiger partial charge in [-0.3, -0.25) is 4.79 Å². The topological polar surface area (TPSA) is 40.5 Å². The van der Waals surface area contributed by atoms with Crippen LogP contribution in [-0.4, -0.2) is 41.4 Å². The lowest BCUT2D eigenvalue weighted by atomic mass is 10.1. The zero-order valence-corrected chi connectivity index (χ0v) is 10.8. The zero-order valence-electron chi connectivity index (χ0n) is 9.94. The largest absolute Gasteiger partial charge is 0.396 e. The number of hydrogen-bond donors (Lipinski definition) is 2. The lowest BCUT2D eigenvalue weighted by molar-refractivity contribution is -0.130. The van der Waals surface area contributed by atoms with Crippen LogP contribution in [0.4, 0.5) is 0 Å². The minimum atomic E-state index is -0.201. The Labute approximate surface area is 98.3 Å². The highest BCUT2D eigenvalue weighted by Gasteiger charge is 2.20. The van der Waals surface area contributed by atoms with Gasteiger partial charge in [-0.15, -0.1) is 0 Å². The Morgan fingerprint density at radius 1 is 1.33 bits per heavy atom. The van der Waals surface area contributed by atoms with Gasteiger partial charge in [0.15, 0.2) is 0 Å². The summed E-state index contributed by atoms with van der Waals surface area (Å²) in [5.41, 5.74) is 0. The highest BCUT2D eigenvalue weighted by atomic mass is 32.1. The van der Waals surface area contributed by atoms with Gasteiger partial charge in [0.2, 0.25) is 5.91 Å². The molecule has 0 aliphatic carbocycles. The van der Waals surface area contributed by atoms with E-state index >= 15 is 0 Å². The Bertz CT molecular complexity index is 185. The number of rotatable bonds is 7. The van der Waals surface area contributed by atoms with E-state index in [0.29, 0.717) is 0 Å². The lowest BCUT2D eigenvalue weighted by Crippen LogP contribution is -2.36. The number of aliphatic hydroxyl groups is 1. The Balaban J connectivity index is 3.78. The number of hydrogen-bond acceptors (Lipinski definition) is 3. The van der Waals surface area contributed by atoms with Crippen LogP contribution in [0.1, 0.15) is 33.1 Å². The third kappa shape index (κ3) is 6.05. The van der Waals surface area contributed by atoms with Crippen molar-refractivity contribution in [3.63, 3.8) is 0 Å². The predicted octanol–water partition coefficient (Wildman–Crippen LogP) is 1.56. The van der Waals surface area contributed by atoms with E-state index in [1.807, 2.05) is 20.9 Å². The van der Waals surface area contributed by atoms with E-state index in [1.165, 1.54) is 0 Å². The third-order valence-corrected chi connectivity index (χ3v) is 3.23. The molecule has 1 N–H and O–H groups in total. The van der Waals surface area contributed by atoms with Crippen LogP contribution in [0.5, 0.6) is 0 Å². The summed E-state index contributed by atoms with van der Waals surface area (Å²) in [5.74, 6) is 0.359. The van der Waals surface area contributed by atoms with Crippen LogP contribution < -0.4 is 0 Å². The first-order valence-electron chi connectivity index (χ1n) is 5.54. The smallest absolute Gasteiger partial charge is 0.235 e. The molecule has 0 bridgehead atoms. The molecular formula is C11H23NO2S. The van der Waals surface area contributed by atoms with Gasteiger partial charge in [0.1, 0.15) is 0 Å². The first-order valence-corrected chi connectivity index (χ1v) is 6.06. The van der Waals surface area contributed by atoms with Crippen molar-refractivity contribution in [3.05, 3.63) is 0 Å². The van der Waals surface area contributed by atoms with Crippen molar-refractivity contribution in [2.45, 2.75) is 38.4 Å². The number of carbonyl (C=O) groups is 1. The maximum atomic E-state index is 11.7. The van der Waals surface area contributed by atoms with E-state index in [2.05, 4.69) is 12.6 Å². The first kappa shape index (κ1) is 14.8. The molecule has 0 aliphatic rings. The molecular weight excluding hydrogens is 210 g/mol. The highest BCUT2D eigenvalue weighted by molar-refractivity contribution is 7.81. The summed E-state index contributed by atoms with van der Waals surface area (Å²) in [5, 5.41) is 8.41. The molecule has 1 amide bonds. The van der Waals surface area contributed by atoms with Gasteiger partial charge in [0, 0.05) is 20.2 Å². The summed E-state index contributed by atoms with van der Waals surface area (Å²) in [7, 11) is 1.81. The van der Waals surface area contributed by atoms with Crippen molar-refractivity contribution < 1.29 is 9.90 Å². The molecule has 0 aromatic rings. The Kier molecular flexibility index (Phi) is 7.88. The molecule has 0 aromatic carbocycles. The molecule has 15 heavy (non-hydrogen) atoms. The van der Waals surface area contributed by atoms with Crippen molar-refractivity contribution in [1.82, 2.24) is 4.90 Å². The monoisotopic (exact) mass is 233 g/mol. The third-order valence-electron chi connectivity index (χ3n) is 2.41. The second-order valence-corrected chi connectivity index (χ2v) is 4.79. The molecule has 0 saturated carbocycles. The number of thiol groups is 1. The van der Waals surface area contributed by atoms with Gasteiger partial charge in [0.05, 0.1) is 5.25 Å². The zero-order chi connectivity index (χ0) is 11.8. The Hall–Kier alpha value is -0.220. The average molecular weight is 233 g/mol. The standard InChI is InChI=1S/C11H23NO2S/c1-9(2)10(15)11(14)12(3)7-5-4-6-8-13/h9-10,13,15H,4-8H2,1-3H3. The number of carbonyl (C=O) groups excluding carboxylic acids is 1. The minimum absolute atomic E-state index is 0.0948. The fraction of sp³-hybridized carbons (Fsp3) is 0.909. The van der Waals surface area contributed by atoms with E-state index in [-0.39, 0.29) is 23.7 Å². The molecule has 0 spiro atoms. The predicted molar refractivity (Wildman–Crippen MR) is 66.2 cm³/mol. The second kappa shape index (κ2) is 7.99. The van der Waals surface area contributed by atoms with Gasteiger partial charge >= 0.3 is 0 Å². The molecule has 1 atom stereocenters. The van der Waals surface area contributed by atoms with E-state index in [4.69, 9.17) is 5.11 Å². The molecule has 0 fully saturated rings. The molecule has 0 heterocycles. The number of nitrogens with zero attached hydrogens (tertiary/aromatic N) is 1. The quantitative estimate of drug-likeness (QED) is 0.517. The van der Waals surface area contributed by atoms with E-state index in [0.717, 1.165) is 25.8 Å². The summed E-state index contributed by atoms with van der Waals surface area (Å²) in [6.45, 7) is 4.98. The van der Waals surface area contributed by atoms with Gasteiger partial charge in [-0.25, -0.2) is 0 Å². The van der Waals surface area contributed by atoms with E-state index in [9.17, 15) is 4.79 Å². The molecule has 0 aromatic heterocycles. The van der Waals surface area contributed by atoms with Gasteiger partial charge < -0.3 is 10.0 Å². The molecule has 0 aliphatic heterocycles. The number of amides is 1. The lowest BCUT2D eigenvalue weighted by Gasteiger charge is -2.22. The van der Waals surface area contributed by atoms with Crippen molar-refractivity contribution in [2.75, 3.05) is 20.2 Å². The van der Waals surface area contributed by atoms with Crippen molar-refractivity contribution >= 4 is 18.5 Å². The number of unbranched alkanes of at least 4 members (excludes halogenated alkanes) is 2. The first-order chi connectivity index (χ1) is 7.00. The number of aliphatic hydroxyl groups excluding tert-OH is 1. The van der Waals surface area contributed by atoms with E-state index < -0.39 is 0 Å². The molecule has 4 heteroatoms. The minimum Gasteiger partial charge on any atom is -0.396 e. The fourth-order valence-electron chi connectivity index (χ4n) is 1.26. The van der Waals surface area contributed by atoms with Gasteiger partial charge in [-0.1, -0.05) is 13.8 Å².